The highest BCUT2D eigenvalue weighted by atomic mass is 35.5. The zero-order valence-electron chi connectivity index (χ0n) is 13.7. The first-order valence-electron chi connectivity index (χ1n) is 8.68. The van der Waals surface area contributed by atoms with Crippen LogP contribution in [0.3, 0.4) is 0 Å². The number of hydrogen-bond acceptors (Lipinski definition) is 2. The molecule has 1 aliphatic heterocycles. The highest BCUT2D eigenvalue weighted by Crippen LogP contribution is 2.48. The molecule has 24 heavy (non-hydrogen) atoms. The van der Waals surface area contributed by atoms with Gasteiger partial charge in [-0.1, -0.05) is 47.5 Å². The second kappa shape index (κ2) is 6.95. The average Bonchev–Trinajstić information content (AvgIpc) is 3.36. The van der Waals surface area contributed by atoms with E-state index in [1.165, 1.54) is 24.2 Å². The van der Waals surface area contributed by atoms with Gasteiger partial charge in [-0.2, -0.15) is 0 Å². The summed E-state index contributed by atoms with van der Waals surface area (Å²) in [6, 6.07) is 16.5. The number of anilines is 1. The van der Waals surface area contributed by atoms with Gasteiger partial charge in [0.15, 0.2) is 0 Å². The first-order chi connectivity index (χ1) is 11.7. The van der Waals surface area contributed by atoms with Crippen molar-refractivity contribution in [3.8, 4) is 0 Å². The first-order valence-corrected chi connectivity index (χ1v) is 9.43. The van der Waals surface area contributed by atoms with Crippen molar-refractivity contribution in [2.45, 2.75) is 12.3 Å². The van der Waals surface area contributed by atoms with Crippen LogP contribution in [0, 0.1) is 5.92 Å². The van der Waals surface area contributed by atoms with E-state index in [4.69, 9.17) is 23.2 Å². The standard InChI is InChI=1S/C20H22Cl2N2/c21-17-7-5-15(6-8-17)18-13-16(18)14-23-9-11-24(12-10-23)20-4-2-1-3-19(20)22/h1-8,16,18H,9-14H2/t16-,18-/m1/s1. The summed E-state index contributed by atoms with van der Waals surface area (Å²) in [7, 11) is 0. The predicted molar refractivity (Wildman–Crippen MR) is 102 cm³/mol. The quantitative estimate of drug-likeness (QED) is 0.763. The number of para-hydroxylation sites is 1. The monoisotopic (exact) mass is 360 g/mol. The largest absolute Gasteiger partial charge is 0.368 e. The Balaban J connectivity index is 1.29. The van der Waals surface area contributed by atoms with Gasteiger partial charge in [0, 0.05) is 37.7 Å². The fourth-order valence-corrected chi connectivity index (χ4v) is 4.16. The lowest BCUT2D eigenvalue weighted by molar-refractivity contribution is 0.246. The van der Waals surface area contributed by atoms with Crippen LogP contribution in [0.5, 0.6) is 0 Å². The third-order valence-corrected chi connectivity index (χ3v) is 5.85. The third kappa shape index (κ3) is 3.56. The number of nitrogens with zero attached hydrogens (tertiary/aromatic N) is 2. The summed E-state index contributed by atoms with van der Waals surface area (Å²) in [4.78, 5) is 5.01. The summed E-state index contributed by atoms with van der Waals surface area (Å²) in [6.07, 6.45) is 1.31. The Labute approximate surface area is 154 Å². The summed E-state index contributed by atoms with van der Waals surface area (Å²) in [5.41, 5.74) is 2.61. The lowest BCUT2D eigenvalue weighted by atomic mass is 10.1. The maximum absolute atomic E-state index is 6.32. The van der Waals surface area contributed by atoms with Gasteiger partial charge in [-0.25, -0.2) is 0 Å². The molecule has 2 aliphatic rings. The minimum atomic E-state index is 0.726. The van der Waals surface area contributed by atoms with Crippen molar-refractivity contribution in [3.05, 3.63) is 64.1 Å². The Kier molecular flexibility index (Phi) is 4.71. The van der Waals surface area contributed by atoms with Crippen LogP contribution in [0.25, 0.3) is 0 Å². The van der Waals surface area contributed by atoms with Crippen molar-refractivity contribution >= 4 is 28.9 Å². The molecular formula is C20H22Cl2N2. The molecule has 0 spiro atoms. The van der Waals surface area contributed by atoms with Crippen molar-refractivity contribution in [2.24, 2.45) is 5.92 Å². The normalized spacial score (nSPS) is 24.2. The van der Waals surface area contributed by atoms with Gasteiger partial charge in [0.1, 0.15) is 0 Å². The van der Waals surface area contributed by atoms with Crippen molar-refractivity contribution in [1.29, 1.82) is 0 Å². The lowest BCUT2D eigenvalue weighted by Crippen LogP contribution is -2.47. The highest BCUT2D eigenvalue weighted by molar-refractivity contribution is 6.33. The molecule has 0 bridgehead atoms. The maximum Gasteiger partial charge on any atom is 0.0639 e. The molecule has 0 aromatic heterocycles. The summed E-state index contributed by atoms with van der Waals surface area (Å²) in [5, 5.41) is 1.68. The minimum Gasteiger partial charge on any atom is -0.368 e. The fraction of sp³-hybridized carbons (Fsp3) is 0.400. The Morgan fingerprint density at radius 2 is 1.58 bits per heavy atom. The van der Waals surface area contributed by atoms with E-state index >= 15 is 0 Å². The molecule has 1 saturated carbocycles. The highest BCUT2D eigenvalue weighted by Gasteiger charge is 2.39. The van der Waals surface area contributed by atoms with Crippen molar-refractivity contribution < 1.29 is 0 Å². The van der Waals surface area contributed by atoms with Crippen molar-refractivity contribution in [1.82, 2.24) is 4.90 Å². The van der Waals surface area contributed by atoms with Crippen LogP contribution in [-0.2, 0) is 0 Å². The van der Waals surface area contributed by atoms with Crippen molar-refractivity contribution in [2.75, 3.05) is 37.6 Å². The molecule has 2 aromatic rings. The van der Waals surface area contributed by atoms with E-state index in [-0.39, 0.29) is 0 Å². The topological polar surface area (TPSA) is 6.48 Å². The molecule has 4 rings (SSSR count). The zero-order valence-corrected chi connectivity index (χ0v) is 15.2. The van der Waals surface area contributed by atoms with Gasteiger partial charge in [-0.15, -0.1) is 0 Å². The lowest BCUT2D eigenvalue weighted by Gasteiger charge is -2.36. The molecule has 2 nitrogen and oxygen atoms in total. The number of rotatable bonds is 4. The number of hydrogen-bond donors (Lipinski definition) is 0. The molecule has 4 heteroatoms. The molecule has 0 radical (unpaired) electrons. The van der Waals surface area contributed by atoms with E-state index in [1.54, 1.807) is 0 Å². The Morgan fingerprint density at radius 3 is 2.29 bits per heavy atom. The Bertz CT molecular complexity index is 693. The second-order valence-electron chi connectivity index (χ2n) is 6.89. The van der Waals surface area contributed by atoms with E-state index < -0.39 is 0 Å². The van der Waals surface area contributed by atoms with E-state index in [0.717, 1.165) is 48.1 Å². The molecule has 2 fully saturated rings. The Morgan fingerprint density at radius 1 is 0.875 bits per heavy atom. The van der Waals surface area contributed by atoms with E-state index in [2.05, 4.69) is 34.1 Å². The first kappa shape index (κ1) is 16.3. The maximum atomic E-state index is 6.32. The van der Waals surface area contributed by atoms with Gasteiger partial charge in [0.2, 0.25) is 0 Å². The van der Waals surface area contributed by atoms with Crippen LogP contribution >= 0.6 is 23.2 Å². The molecule has 2 aromatic carbocycles. The molecule has 2 atom stereocenters. The molecule has 0 amide bonds. The number of piperazine rings is 1. The molecule has 1 aliphatic carbocycles. The molecule has 0 unspecified atom stereocenters. The molecule has 1 saturated heterocycles. The molecule has 0 N–H and O–H groups in total. The number of benzene rings is 2. The van der Waals surface area contributed by atoms with Crippen molar-refractivity contribution in [3.63, 3.8) is 0 Å². The second-order valence-corrected chi connectivity index (χ2v) is 7.74. The van der Waals surface area contributed by atoms with Crippen LogP contribution in [0.4, 0.5) is 5.69 Å². The van der Waals surface area contributed by atoms with Gasteiger partial charge in [-0.3, -0.25) is 4.90 Å². The van der Waals surface area contributed by atoms with Crippen LogP contribution in [0.1, 0.15) is 17.9 Å². The van der Waals surface area contributed by atoms with Crippen LogP contribution in [-0.4, -0.2) is 37.6 Å². The van der Waals surface area contributed by atoms with Crippen LogP contribution in [0.2, 0.25) is 10.0 Å². The molecule has 126 valence electrons. The average molecular weight is 361 g/mol. The zero-order chi connectivity index (χ0) is 16.5. The molecular weight excluding hydrogens is 339 g/mol. The van der Waals surface area contributed by atoms with Gasteiger partial charge in [0.25, 0.3) is 0 Å². The fourth-order valence-electron chi connectivity index (χ4n) is 3.78. The summed E-state index contributed by atoms with van der Waals surface area (Å²) in [6.45, 7) is 5.57. The summed E-state index contributed by atoms with van der Waals surface area (Å²) in [5.74, 6) is 1.53. The third-order valence-electron chi connectivity index (χ3n) is 5.28. The van der Waals surface area contributed by atoms with Crippen LogP contribution in [0.15, 0.2) is 48.5 Å². The smallest absolute Gasteiger partial charge is 0.0639 e. The SMILES string of the molecule is Clc1ccc([C@H]2C[C@@H]2CN2CCN(c3ccccc3Cl)CC2)cc1. The minimum absolute atomic E-state index is 0.726. The number of halogens is 2. The van der Waals surface area contributed by atoms with Gasteiger partial charge >= 0.3 is 0 Å². The van der Waals surface area contributed by atoms with E-state index in [9.17, 15) is 0 Å². The van der Waals surface area contributed by atoms with Gasteiger partial charge in [0.05, 0.1) is 10.7 Å². The predicted octanol–water partition coefficient (Wildman–Crippen LogP) is 4.92. The van der Waals surface area contributed by atoms with Gasteiger partial charge < -0.3 is 4.90 Å². The summed E-state index contributed by atoms with van der Waals surface area (Å²) < 4.78 is 0. The van der Waals surface area contributed by atoms with Crippen LogP contribution < -0.4 is 4.90 Å². The Hall–Kier alpha value is -1.22. The van der Waals surface area contributed by atoms with E-state index in [1.807, 2.05) is 24.3 Å². The summed E-state index contributed by atoms with van der Waals surface area (Å²) >= 11 is 12.3. The van der Waals surface area contributed by atoms with E-state index in [0.29, 0.717) is 0 Å². The molecule has 1 heterocycles. The van der Waals surface area contributed by atoms with Gasteiger partial charge in [-0.05, 0) is 48.1 Å².